The summed E-state index contributed by atoms with van der Waals surface area (Å²) in [5, 5.41) is 9.15. The zero-order chi connectivity index (χ0) is 12.4. The molecule has 4 aliphatic rings. The molecule has 1 amide bonds. The third kappa shape index (κ3) is 1.34. The molecule has 1 heterocycles. The van der Waals surface area contributed by atoms with Crippen molar-refractivity contribution >= 4 is 23.6 Å². The molecule has 3 aliphatic carbocycles. The molecule has 4 unspecified atom stereocenters. The van der Waals surface area contributed by atoms with E-state index in [2.05, 4.69) is 0 Å². The first kappa shape index (κ1) is 11.1. The Kier molecular flexibility index (Phi) is 2.26. The van der Waals surface area contributed by atoms with Gasteiger partial charge in [0, 0.05) is 11.7 Å². The van der Waals surface area contributed by atoms with Crippen LogP contribution in [0.1, 0.15) is 19.3 Å². The molecule has 0 aromatic heterocycles. The van der Waals surface area contributed by atoms with E-state index in [9.17, 15) is 9.59 Å². The maximum absolute atomic E-state index is 12.5. The molecule has 0 aromatic rings. The molecule has 2 bridgehead atoms. The Morgan fingerprint density at radius 2 is 1.83 bits per heavy atom. The van der Waals surface area contributed by atoms with E-state index in [0.29, 0.717) is 23.5 Å². The summed E-state index contributed by atoms with van der Waals surface area (Å²) in [4.78, 5) is 25.3. The Bertz CT molecular complexity index is 410. The lowest BCUT2D eigenvalue weighted by Crippen LogP contribution is -2.43. The second-order valence-electron chi connectivity index (χ2n) is 6.18. The zero-order valence-electron chi connectivity index (χ0n) is 10.1. The standard InChI is InChI=1S/C13H17NO3S/c15-12(14-5-18-4-8(14)13(16)17)11-9-6-1-2-7(3-6)10(9)11/h6-11H,1-5H2,(H,16,17)/t6?,7?,8-,9?,10?,11?/m0/s1. The molecule has 1 N–H and O–H groups in total. The minimum absolute atomic E-state index is 0.138. The van der Waals surface area contributed by atoms with Crippen molar-refractivity contribution in [3.05, 3.63) is 0 Å². The van der Waals surface area contributed by atoms with E-state index in [0.717, 1.165) is 11.8 Å². The number of rotatable bonds is 2. The van der Waals surface area contributed by atoms with Crippen LogP contribution < -0.4 is 0 Å². The van der Waals surface area contributed by atoms with Crippen molar-refractivity contribution in [2.45, 2.75) is 25.3 Å². The summed E-state index contributed by atoms with van der Waals surface area (Å²) in [6, 6.07) is -0.582. The Morgan fingerprint density at radius 3 is 2.44 bits per heavy atom. The number of aliphatic carboxylic acids is 1. The van der Waals surface area contributed by atoms with Crippen molar-refractivity contribution in [3.63, 3.8) is 0 Å². The maximum atomic E-state index is 12.5. The smallest absolute Gasteiger partial charge is 0.327 e. The van der Waals surface area contributed by atoms with Crippen LogP contribution in [0.4, 0.5) is 0 Å². The van der Waals surface area contributed by atoms with E-state index in [1.165, 1.54) is 19.3 Å². The Morgan fingerprint density at radius 1 is 1.17 bits per heavy atom. The van der Waals surface area contributed by atoms with Gasteiger partial charge in [0.15, 0.2) is 0 Å². The molecule has 98 valence electrons. The number of hydrogen-bond acceptors (Lipinski definition) is 3. The van der Waals surface area contributed by atoms with Crippen molar-refractivity contribution < 1.29 is 14.7 Å². The molecule has 3 saturated carbocycles. The van der Waals surface area contributed by atoms with Crippen LogP contribution in [0.2, 0.25) is 0 Å². The van der Waals surface area contributed by atoms with Gasteiger partial charge >= 0.3 is 5.97 Å². The van der Waals surface area contributed by atoms with E-state index in [-0.39, 0.29) is 11.8 Å². The summed E-state index contributed by atoms with van der Waals surface area (Å²) in [6.45, 7) is 0. The highest BCUT2D eigenvalue weighted by atomic mass is 32.2. The van der Waals surface area contributed by atoms with Crippen LogP contribution in [0.5, 0.6) is 0 Å². The van der Waals surface area contributed by atoms with Gasteiger partial charge in [-0.1, -0.05) is 0 Å². The number of amides is 1. The van der Waals surface area contributed by atoms with Crippen molar-refractivity contribution in [1.82, 2.24) is 4.90 Å². The molecular formula is C13H17NO3S. The molecular weight excluding hydrogens is 250 g/mol. The van der Waals surface area contributed by atoms with E-state index < -0.39 is 12.0 Å². The minimum Gasteiger partial charge on any atom is -0.480 e. The first-order valence-electron chi connectivity index (χ1n) is 6.79. The number of thioether (sulfide) groups is 1. The summed E-state index contributed by atoms with van der Waals surface area (Å²) in [7, 11) is 0. The molecule has 1 saturated heterocycles. The predicted octanol–water partition coefficient (Wildman–Crippen LogP) is 1.26. The van der Waals surface area contributed by atoms with Crippen LogP contribution in [0, 0.1) is 29.6 Å². The third-order valence-corrected chi connectivity index (χ3v) is 6.48. The molecule has 0 aromatic carbocycles. The van der Waals surface area contributed by atoms with Crippen molar-refractivity contribution in [1.29, 1.82) is 0 Å². The topological polar surface area (TPSA) is 57.6 Å². The summed E-state index contributed by atoms with van der Waals surface area (Å²) >= 11 is 1.56. The first-order valence-corrected chi connectivity index (χ1v) is 7.95. The molecule has 0 spiro atoms. The van der Waals surface area contributed by atoms with Gasteiger partial charge in [-0.3, -0.25) is 4.79 Å². The van der Waals surface area contributed by atoms with Crippen molar-refractivity contribution in [3.8, 4) is 0 Å². The quantitative estimate of drug-likeness (QED) is 0.818. The summed E-state index contributed by atoms with van der Waals surface area (Å²) in [5.41, 5.74) is 0. The molecule has 4 fully saturated rings. The normalized spacial score (nSPS) is 48.3. The first-order chi connectivity index (χ1) is 8.68. The van der Waals surface area contributed by atoms with Crippen molar-refractivity contribution in [2.24, 2.45) is 29.6 Å². The van der Waals surface area contributed by atoms with E-state index in [1.54, 1.807) is 16.7 Å². The van der Waals surface area contributed by atoms with Crippen LogP contribution >= 0.6 is 11.8 Å². The lowest BCUT2D eigenvalue weighted by molar-refractivity contribution is -0.148. The molecule has 5 atom stereocenters. The van der Waals surface area contributed by atoms with Gasteiger partial charge in [-0.15, -0.1) is 11.8 Å². The average molecular weight is 267 g/mol. The number of carboxylic acids is 1. The summed E-state index contributed by atoms with van der Waals surface area (Å²) in [5.74, 6) is 3.35. The molecule has 4 nitrogen and oxygen atoms in total. The lowest BCUT2D eigenvalue weighted by atomic mass is 10.0. The summed E-state index contributed by atoms with van der Waals surface area (Å²) in [6.07, 6.45) is 3.93. The van der Waals surface area contributed by atoms with Crippen molar-refractivity contribution in [2.75, 3.05) is 11.6 Å². The van der Waals surface area contributed by atoms with Gasteiger partial charge in [0.2, 0.25) is 5.91 Å². The highest BCUT2D eigenvalue weighted by Crippen LogP contribution is 2.69. The fourth-order valence-electron chi connectivity index (χ4n) is 4.71. The highest BCUT2D eigenvalue weighted by Gasteiger charge is 2.68. The van der Waals surface area contributed by atoms with Crippen LogP contribution in [0.25, 0.3) is 0 Å². The second kappa shape index (κ2) is 3.65. The second-order valence-corrected chi connectivity index (χ2v) is 7.18. The zero-order valence-corrected chi connectivity index (χ0v) is 10.9. The van der Waals surface area contributed by atoms with Crippen LogP contribution in [-0.4, -0.2) is 39.6 Å². The van der Waals surface area contributed by atoms with Gasteiger partial charge in [0.05, 0.1) is 5.88 Å². The molecule has 4 rings (SSSR count). The number of carbonyl (C=O) groups is 2. The Hall–Kier alpha value is -0.710. The Balaban J connectivity index is 1.50. The van der Waals surface area contributed by atoms with Crippen LogP contribution in [-0.2, 0) is 9.59 Å². The SMILES string of the molecule is O=C(O)[C@@H]1CSCN1C(=O)C1C2C3CCC(C3)C12. The van der Waals surface area contributed by atoms with Gasteiger partial charge in [-0.2, -0.15) is 0 Å². The average Bonchev–Trinajstić information content (AvgIpc) is 2.78. The van der Waals surface area contributed by atoms with E-state index >= 15 is 0 Å². The molecule has 0 radical (unpaired) electrons. The number of carbonyl (C=O) groups excluding carboxylic acids is 1. The van der Waals surface area contributed by atoms with Gasteiger partial charge in [-0.25, -0.2) is 4.79 Å². The number of fused-ring (bicyclic) bond motifs is 5. The molecule has 5 heteroatoms. The highest BCUT2D eigenvalue weighted by molar-refractivity contribution is 7.99. The third-order valence-electron chi connectivity index (χ3n) is 5.47. The van der Waals surface area contributed by atoms with Gasteiger partial charge < -0.3 is 10.0 Å². The van der Waals surface area contributed by atoms with Gasteiger partial charge in [0.25, 0.3) is 0 Å². The number of carboxylic acid groups (broad SMARTS) is 1. The monoisotopic (exact) mass is 267 g/mol. The fraction of sp³-hybridized carbons (Fsp3) is 0.846. The van der Waals surface area contributed by atoms with Crippen LogP contribution in [0.15, 0.2) is 0 Å². The minimum atomic E-state index is -0.845. The predicted molar refractivity (Wildman–Crippen MR) is 66.9 cm³/mol. The fourth-order valence-corrected chi connectivity index (χ4v) is 5.87. The maximum Gasteiger partial charge on any atom is 0.327 e. The number of nitrogens with zero attached hydrogens (tertiary/aromatic N) is 1. The lowest BCUT2D eigenvalue weighted by Gasteiger charge is -2.22. The largest absolute Gasteiger partial charge is 0.480 e. The number of hydrogen-bond donors (Lipinski definition) is 1. The van der Waals surface area contributed by atoms with E-state index in [4.69, 9.17) is 5.11 Å². The van der Waals surface area contributed by atoms with Crippen LogP contribution in [0.3, 0.4) is 0 Å². The molecule has 18 heavy (non-hydrogen) atoms. The summed E-state index contributed by atoms with van der Waals surface area (Å²) < 4.78 is 0. The molecule has 1 aliphatic heterocycles. The van der Waals surface area contributed by atoms with Gasteiger partial charge in [0.1, 0.15) is 6.04 Å². The van der Waals surface area contributed by atoms with E-state index in [1.807, 2.05) is 0 Å². The van der Waals surface area contributed by atoms with Gasteiger partial charge in [-0.05, 0) is 42.9 Å². The Labute approximate surface area is 110 Å².